The molecule has 0 unspecified atom stereocenters. The SMILES string of the molecule is Cc1cccc(C=C(C(=O)c2cccc(Cl)c2)c2nc3ccccc3[nH]2)c1. The van der Waals surface area contributed by atoms with Gasteiger partial charge >= 0.3 is 0 Å². The molecule has 132 valence electrons. The summed E-state index contributed by atoms with van der Waals surface area (Å²) in [7, 11) is 0. The maximum Gasteiger partial charge on any atom is 0.196 e. The first-order valence-electron chi connectivity index (χ1n) is 8.64. The number of H-pyrrole nitrogens is 1. The van der Waals surface area contributed by atoms with Crippen LogP contribution in [0.5, 0.6) is 0 Å². The molecule has 0 spiro atoms. The fraction of sp³-hybridized carbons (Fsp3) is 0.0435. The molecule has 4 rings (SSSR count). The number of benzene rings is 3. The summed E-state index contributed by atoms with van der Waals surface area (Å²) in [6.07, 6.45) is 1.87. The number of aryl methyl sites for hydroxylation is 1. The van der Waals surface area contributed by atoms with Crippen LogP contribution in [0.25, 0.3) is 22.7 Å². The van der Waals surface area contributed by atoms with Gasteiger partial charge in [0.1, 0.15) is 5.82 Å². The highest BCUT2D eigenvalue weighted by atomic mass is 35.5. The number of hydrogen-bond acceptors (Lipinski definition) is 2. The van der Waals surface area contributed by atoms with Crippen LogP contribution >= 0.6 is 11.6 Å². The maximum atomic E-state index is 13.3. The van der Waals surface area contributed by atoms with Crippen molar-refractivity contribution in [3.8, 4) is 0 Å². The Morgan fingerprint density at radius 3 is 2.59 bits per heavy atom. The molecule has 0 saturated heterocycles. The van der Waals surface area contributed by atoms with Gasteiger partial charge in [-0.1, -0.05) is 65.7 Å². The lowest BCUT2D eigenvalue weighted by Crippen LogP contribution is -2.04. The van der Waals surface area contributed by atoms with E-state index in [1.165, 1.54) is 0 Å². The number of imidazole rings is 1. The van der Waals surface area contributed by atoms with Crippen LogP contribution in [0.2, 0.25) is 5.02 Å². The number of fused-ring (bicyclic) bond motifs is 1. The number of para-hydroxylation sites is 2. The van der Waals surface area contributed by atoms with Crippen LogP contribution in [0.1, 0.15) is 27.3 Å². The summed E-state index contributed by atoms with van der Waals surface area (Å²) in [5, 5.41) is 0.528. The number of hydrogen-bond donors (Lipinski definition) is 1. The maximum absolute atomic E-state index is 13.3. The standard InChI is InChI=1S/C23H17ClN2O/c1-15-6-4-7-16(12-15)13-19(22(27)17-8-5-9-18(24)14-17)23-25-20-10-2-3-11-21(20)26-23/h2-14H,1H3,(H,25,26). The number of carbonyl (C=O) groups excluding carboxylic acids is 1. The van der Waals surface area contributed by atoms with Crippen molar-refractivity contribution in [1.29, 1.82) is 0 Å². The van der Waals surface area contributed by atoms with Gasteiger partial charge in [0, 0.05) is 10.6 Å². The smallest absolute Gasteiger partial charge is 0.196 e. The first-order valence-corrected chi connectivity index (χ1v) is 9.02. The molecule has 3 aromatic carbocycles. The van der Waals surface area contributed by atoms with Crippen LogP contribution in [-0.4, -0.2) is 15.8 Å². The normalized spacial score (nSPS) is 11.7. The molecule has 0 aliphatic carbocycles. The van der Waals surface area contributed by atoms with Gasteiger partial charge in [-0.25, -0.2) is 4.98 Å². The van der Waals surface area contributed by atoms with Crippen molar-refractivity contribution in [2.45, 2.75) is 6.92 Å². The van der Waals surface area contributed by atoms with Crippen molar-refractivity contribution in [2.75, 3.05) is 0 Å². The third-order valence-electron chi connectivity index (χ3n) is 4.33. The minimum Gasteiger partial charge on any atom is -0.338 e. The number of aromatic nitrogens is 2. The van der Waals surface area contributed by atoms with E-state index in [2.05, 4.69) is 9.97 Å². The molecule has 3 nitrogen and oxygen atoms in total. The van der Waals surface area contributed by atoms with Crippen molar-refractivity contribution in [3.63, 3.8) is 0 Å². The lowest BCUT2D eigenvalue weighted by Gasteiger charge is -2.06. The topological polar surface area (TPSA) is 45.8 Å². The Kier molecular flexibility index (Phi) is 4.61. The summed E-state index contributed by atoms with van der Waals surface area (Å²) in [5.41, 5.74) is 4.81. The second kappa shape index (κ2) is 7.22. The van der Waals surface area contributed by atoms with Gasteiger partial charge < -0.3 is 4.98 Å². The molecule has 0 saturated carbocycles. The Morgan fingerprint density at radius 2 is 1.81 bits per heavy atom. The highest BCUT2D eigenvalue weighted by molar-refractivity contribution is 6.34. The fourth-order valence-corrected chi connectivity index (χ4v) is 3.22. The highest BCUT2D eigenvalue weighted by Gasteiger charge is 2.18. The molecule has 1 aromatic heterocycles. The highest BCUT2D eigenvalue weighted by Crippen LogP contribution is 2.25. The van der Waals surface area contributed by atoms with Crippen LogP contribution in [0, 0.1) is 6.92 Å². The molecule has 0 atom stereocenters. The molecule has 0 amide bonds. The first kappa shape index (κ1) is 17.3. The third-order valence-corrected chi connectivity index (χ3v) is 4.56. The van der Waals surface area contributed by atoms with Crippen molar-refractivity contribution >= 4 is 40.1 Å². The molecule has 1 heterocycles. The van der Waals surface area contributed by atoms with Gasteiger partial charge in [0.25, 0.3) is 0 Å². The number of halogens is 1. The summed E-state index contributed by atoms with van der Waals surface area (Å²) < 4.78 is 0. The predicted molar refractivity (Wildman–Crippen MR) is 111 cm³/mol. The van der Waals surface area contributed by atoms with E-state index < -0.39 is 0 Å². The Hall–Kier alpha value is -3.17. The number of ketones is 1. The van der Waals surface area contributed by atoms with Crippen LogP contribution < -0.4 is 0 Å². The molecule has 1 N–H and O–H groups in total. The predicted octanol–water partition coefficient (Wildman–Crippen LogP) is 5.95. The lowest BCUT2D eigenvalue weighted by atomic mass is 10.00. The van der Waals surface area contributed by atoms with Crippen molar-refractivity contribution in [2.24, 2.45) is 0 Å². The molecule has 0 radical (unpaired) electrons. The first-order chi connectivity index (χ1) is 13.1. The number of allylic oxidation sites excluding steroid dienone is 1. The monoisotopic (exact) mass is 372 g/mol. The van der Waals surface area contributed by atoms with Gasteiger partial charge in [-0.3, -0.25) is 4.79 Å². The largest absolute Gasteiger partial charge is 0.338 e. The third kappa shape index (κ3) is 3.69. The minimum absolute atomic E-state index is 0.127. The van der Waals surface area contributed by atoms with E-state index in [4.69, 9.17) is 11.6 Å². The van der Waals surface area contributed by atoms with Gasteiger partial charge in [-0.15, -0.1) is 0 Å². The van der Waals surface area contributed by atoms with E-state index in [0.29, 0.717) is 22.0 Å². The summed E-state index contributed by atoms with van der Waals surface area (Å²) in [4.78, 5) is 21.2. The molecule has 0 aliphatic rings. The Balaban J connectivity index is 1.87. The quantitative estimate of drug-likeness (QED) is 0.355. The zero-order valence-corrected chi connectivity index (χ0v) is 15.5. The van der Waals surface area contributed by atoms with E-state index in [1.54, 1.807) is 24.3 Å². The van der Waals surface area contributed by atoms with Crippen molar-refractivity contribution in [1.82, 2.24) is 9.97 Å². The zero-order valence-electron chi connectivity index (χ0n) is 14.7. The number of rotatable bonds is 4. The minimum atomic E-state index is -0.127. The van der Waals surface area contributed by atoms with Crippen LogP contribution in [0.15, 0.2) is 72.8 Å². The number of Topliss-reactive ketones (excluding diaryl/α,β-unsaturated/α-hetero) is 1. The molecule has 27 heavy (non-hydrogen) atoms. The van der Waals surface area contributed by atoms with Gasteiger partial charge in [0.2, 0.25) is 0 Å². The summed E-state index contributed by atoms with van der Waals surface area (Å²) in [5.74, 6) is 0.417. The second-order valence-electron chi connectivity index (χ2n) is 6.41. The second-order valence-corrected chi connectivity index (χ2v) is 6.85. The van der Waals surface area contributed by atoms with Crippen molar-refractivity contribution in [3.05, 3.63) is 100 Å². The number of aromatic amines is 1. The summed E-state index contributed by atoms with van der Waals surface area (Å²) >= 11 is 6.09. The average molecular weight is 373 g/mol. The molecular weight excluding hydrogens is 356 g/mol. The Labute approximate surface area is 162 Å². The Bertz CT molecular complexity index is 1140. The fourth-order valence-electron chi connectivity index (χ4n) is 3.03. The van der Waals surface area contributed by atoms with E-state index in [0.717, 1.165) is 22.2 Å². The Morgan fingerprint density at radius 1 is 1.00 bits per heavy atom. The van der Waals surface area contributed by atoms with E-state index in [1.807, 2.05) is 61.5 Å². The van der Waals surface area contributed by atoms with Gasteiger partial charge in [0.05, 0.1) is 16.6 Å². The van der Waals surface area contributed by atoms with Gasteiger partial charge in [-0.05, 0) is 42.8 Å². The number of nitrogens with zero attached hydrogens (tertiary/aromatic N) is 1. The van der Waals surface area contributed by atoms with E-state index in [-0.39, 0.29) is 5.78 Å². The van der Waals surface area contributed by atoms with Crippen LogP contribution in [0.3, 0.4) is 0 Å². The molecule has 0 fully saturated rings. The molecule has 4 heteroatoms. The van der Waals surface area contributed by atoms with Crippen LogP contribution in [0.4, 0.5) is 0 Å². The molecule has 0 bridgehead atoms. The summed E-state index contributed by atoms with van der Waals surface area (Å²) in [6, 6.07) is 22.7. The summed E-state index contributed by atoms with van der Waals surface area (Å²) in [6.45, 7) is 2.02. The zero-order chi connectivity index (χ0) is 18.8. The molecule has 4 aromatic rings. The van der Waals surface area contributed by atoms with Gasteiger partial charge in [0.15, 0.2) is 5.78 Å². The van der Waals surface area contributed by atoms with E-state index in [9.17, 15) is 4.79 Å². The van der Waals surface area contributed by atoms with Gasteiger partial charge in [-0.2, -0.15) is 0 Å². The van der Waals surface area contributed by atoms with Crippen LogP contribution in [-0.2, 0) is 0 Å². The molecule has 0 aliphatic heterocycles. The number of carbonyl (C=O) groups is 1. The average Bonchev–Trinajstić information content (AvgIpc) is 3.09. The lowest BCUT2D eigenvalue weighted by molar-refractivity contribution is 0.105. The molecular formula is C23H17ClN2O. The number of nitrogens with one attached hydrogen (secondary N) is 1. The van der Waals surface area contributed by atoms with E-state index >= 15 is 0 Å². The van der Waals surface area contributed by atoms with Crippen molar-refractivity contribution < 1.29 is 4.79 Å².